The Kier molecular flexibility index (Phi) is 28.7. The van der Waals surface area contributed by atoms with Crippen molar-refractivity contribution in [1.29, 1.82) is 0 Å². The van der Waals surface area contributed by atoms with Crippen molar-refractivity contribution < 1.29 is 72.2 Å². The number of aliphatic carboxylic acids is 1. The van der Waals surface area contributed by atoms with E-state index in [1.807, 2.05) is 63.3 Å². The predicted molar refractivity (Wildman–Crippen MR) is 519 cm³/mol. The number of aliphatic hydroxyl groups is 1. The highest BCUT2D eigenvalue weighted by atomic mass is 16.5. The van der Waals surface area contributed by atoms with Crippen molar-refractivity contribution >= 4 is 140 Å². The van der Waals surface area contributed by atoms with Crippen LogP contribution in [0.25, 0.3) is 78.8 Å². The average molecular weight is 1800 g/mol. The number of H-pyrrole nitrogens is 4. The first kappa shape index (κ1) is 94.9. The summed E-state index contributed by atoms with van der Waals surface area (Å²) in [6.45, 7) is 45.7. The molecule has 0 amide bonds. The van der Waals surface area contributed by atoms with Crippen molar-refractivity contribution in [3.63, 3.8) is 0 Å². The van der Waals surface area contributed by atoms with Gasteiger partial charge in [-0.25, -0.2) is 29.7 Å². The number of aromatic nitrogens is 8. The van der Waals surface area contributed by atoms with Crippen LogP contribution in [0.3, 0.4) is 0 Å². The molecule has 1 saturated heterocycles. The summed E-state index contributed by atoms with van der Waals surface area (Å²) in [5.74, 6) is -1.72. The van der Waals surface area contributed by atoms with E-state index >= 15 is 0 Å². The van der Waals surface area contributed by atoms with Crippen LogP contribution in [0.2, 0.25) is 0 Å². The zero-order valence-corrected chi connectivity index (χ0v) is 78.8. The van der Waals surface area contributed by atoms with E-state index in [2.05, 4.69) is 152 Å². The van der Waals surface area contributed by atoms with Crippen molar-refractivity contribution in [1.82, 2.24) is 45.2 Å². The fourth-order valence-corrected chi connectivity index (χ4v) is 20.2. The molecule has 9 aliphatic heterocycles. The molecule has 6 aromatic rings. The molecular formula is C106H116N12O15. The van der Waals surface area contributed by atoms with Gasteiger partial charge in [-0.3, -0.25) is 38.7 Å². The Labute approximate surface area is 773 Å². The van der Waals surface area contributed by atoms with Gasteiger partial charge in [0.25, 0.3) is 25.9 Å². The van der Waals surface area contributed by atoms with E-state index < -0.39 is 17.9 Å². The summed E-state index contributed by atoms with van der Waals surface area (Å²) >= 11 is 0. The van der Waals surface area contributed by atoms with E-state index in [1.165, 1.54) is 19.8 Å². The number of carbonyl (C=O) groups excluding carboxylic acids is 6. The maximum absolute atomic E-state index is 12.9. The molecule has 16 rings (SSSR count). The van der Waals surface area contributed by atoms with Gasteiger partial charge in [0, 0.05) is 153 Å². The first-order chi connectivity index (χ1) is 64.0. The lowest BCUT2D eigenvalue weighted by Crippen LogP contribution is -2.15. The maximum Gasteiger partial charge on any atom is 0.338 e. The topological polar surface area (TPSA) is 379 Å². The first-order valence-corrected chi connectivity index (χ1v) is 45.4. The van der Waals surface area contributed by atoms with Gasteiger partial charge in [-0.1, -0.05) is 79.5 Å². The lowest BCUT2D eigenvalue weighted by Gasteiger charge is -2.18. The van der Waals surface area contributed by atoms with Crippen LogP contribution >= 0.6 is 0 Å². The third-order valence-electron chi connectivity index (χ3n) is 27.7. The number of hydrogen-bond donors (Lipinski definition) is 7. The third-order valence-corrected chi connectivity index (χ3v) is 27.7. The second-order valence-corrected chi connectivity index (χ2v) is 34.9. The zero-order valence-electron chi connectivity index (χ0n) is 78.8. The fraction of sp³-hybridized carbons (Fsp3) is 0.358. The molecule has 10 aliphatic rings. The lowest BCUT2D eigenvalue weighted by molar-refractivity contribution is -0.140. The molecule has 27 nitrogen and oxygen atoms in total. The number of aromatic amines is 4. The van der Waals surface area contributed by atoms with Gasteiger partial charge >= 0.3 is 17.9 Å². The Hall–Kier alpha value is -14.2. The van der Waals surface area contributed by atoms with Crippen LogP contribution in [-0.2, 0) is 87.7 Å². The van der Waals surface area contributed by atoms with Gasteiger partial charge in [-0.2, -0.15) is 0 Å². The number of allylic oxidation sites excluding steroid dienone is 14. The zero-order chi connectivity index (χ0) is 95.4. The number of methoxy groups -OCH3 is 2. The standard InChI is InChI=1S/2C36H40N4O6.C34H36N4O3/c1-8-23-19(3)27-14-29-21(5)25(11-10-12-45-17-41)34(39-29)26(13-33(43)44-7)35-36(46-18-42)22(6)30(40-35)16-32-24(9-2)20(4)28(38-32)15-31(23)37-27;1-8-22-18(3)26-14-28-20(5)24(11-10-12-46-17-41)34(39-28)25(13-32(42)45-7)35-33(36(43)44)21(6)29(40-35)16-31-23(9-2)19(4)27(38-31)15-30(22)37-26;1-7-21-17(3)25-13-27-19(5)23(10-9-11-41-16-39)33(37-27)24-12-31(40)32-20(6)28(38-34(24)32)15-30-22(8-2)18(4)26(36-30)14-29(21)35-25/h8,14-18,21,25,37-38H,1,9-13H2,2-7H3;8,14-17,20,24,37-38H,1,9-13H2,2-7H3,(H,43,44);7,13-16,19,23,37,40H,1,8-12H2,2-6H3/t21-,25-;20-,24-;19-,23?/m000/s1. The highest BCUT2D eigenvalue weighted by molar-refractivity contribution is 6.25. The molecule has 0 aromatic carbocycles. The molecule has 0 spiro atoms. The van der Waals surface area contributed by atoms with Gasteiger partial charge in [0.2, 0.25) is 0 Å². The summed E-state index contributed by atoms with van der Waals surface area (Å²) in [7, 11) is 2.63. The number of nitrogens with zero attached hydrogens (tertiary/aromatic N) is 7. The average Bonchev–Trinajstić information content (AvgIpc) is 1.54. The summed E-state index contributed by atoms with van der Waals surface area (Å²) in [6.07, 6.45) is 18.3. The van der Waals surface area contributed by atoms with Crippen LogP contribution in [-0.4, -0.2) is 145 Å². The number of aliphatic imine (C=N–C) groups is 3. The van der Waals surface area contributed by atoms with Crippen molar-refractivity contribution in [3.05, 3.63) is 255 Å². The number of carboxylic acid groups (broad SMARTS) is 1. The quantitative estimate of drug-likeness (QED) is 0.0104. The summed E-state index contributed by atoms with van der Waals surface area (Å²) in [4.78, 5) is 133. The Morgan fingerprint density at radius 2 is 0.977 bits per heavy atom. The van der Waals surface area contributed by atoms with Crippen molar-refractivity contribution in [2.24, 2.45) is 26.8 Å². The number of aryl methyl sites for hydroxylation is 6. The van der Waals surface area contributed by atoms with Crippen LogP contribution in [0.1, 0.15) is 252 Å². The number of rotatable bonds is 28. The second kappa shape index (κ2) is 40.2. The normalized spacial score (nSPS) is 18.7. The van der Waals surface area contributed by atoms with Crippen molar-refractivity contribution in [2.75, 3.05) is 34.0 Å². The maximum atomic E-state index is 12.9. The number of carboxylic acids is 1. The number of nitrogens with one attached hydrogen (secondary N) is 5. The Balaban J connectivity index is 0.000000161. The van der Waals surface area contributed by atoms with E-state index in [0.717, 1.165) is 211 Å². The number of hydrogen-bond acceptors (Lipinski definition) is 22. The Morgan fingerprint density at radius 3 is 1.46 bits per heavy atom. The van der Waals surface area contributed by atoms with Crippen LogP contribution in [0, 0.1) is 39.5 Å². The van der Waals surface area contributed by atoms with Crippen LogP contribution in [0.15, 0.2) is 169 Å². The monoisotopic (exact) mass is 1800 g/mol. The van der Waals surface area contributed by atoms with Crippen molar-refractivity contribution in [2.45, 2.75) is 205 Å². The lowest BCUT2D eigenvalue weighted by atomic mass is 9.84. The number of fused-ring (bicyclic) bond motifs is 21. The van der Waals surface area contributed by atoms with Gasteiger partial charge in [0.15, 0.2) is 5.76 Å². The molecule has 7 N–H and O–H groups in total. The molecule has 1 unspecified atom stereocenters. The second-order valence-electron chi connectivity index (χ2n) is 34.9. The Morgan fingerprint density at radius 1 is 0.496 bits per heavy atom. The van der Waals surface area contributed by atoms with Crippen LogP contribution < -0.4 is 5.32 Å². The summed E-state index contributed by atoms with van der Waals surface area (Å²) in [5, 5.41) is 25.4. The number of carbonyl (C=O) groups is 7. The van der Waals surface area contributed by atoms with Gasteiger partial charge in [0.1, 0.15) is 11.5 Å². The molecule has 15 heterocycles. The first-order valence-electron chi connectivity index (χ1n) is 45.4. The largest absolute Gasteiger partial charge is 0.511 e. The van der Waals surface area contributed by atoms with E-state index in [9.17, 15) is 43.8 Å². The minimum Gasteiger partial charge on any atom is -0.511 e. The van der Waals surface area contributed by atoms with E-state index in [-0.39, 0.29) is 78.6 Å². The fourth-order valence-electron chi connectivity index (χ4n) is 20.2. The molecule has 0 radical (unpaired) electrons. The number of ether oxygens (including phenoxy) is 6. The van der Waals surface area contributed by atoms with E-state index in [0.29, 0.717) is 121 Å². The molecule has 27 heteroatoms. The number of aliphatic hydroxyl groups excluding tert-OH is 1. The molecule has 1 fully saturated rings. The van der Waals surface area contributed by atoms with Gasteiger partial charge in [0.05, 0.1) is 115 Å². The summed E-state index contributed by atoms with van der Waals surface area (Å²) in [5.41, 5.74) is 36.9. The number of esters is 2. The highest BCUT2D eigenvalue weighted by Gasteiger charge is 2.43. The summed E-state index contributed by atoms with van der Waals surface area (Å²) < 4.78 is 30.8. The van der Waals surface area contributed by atoms with Crippen molar-refractivity contribution in [3.8, 4) is 0 Å². The Bertz CT molecular complexity index is 6780. The molecule has 6 atom stereocenters. The van der Waals surface area contributed by atoms with E-state index in [1.54, 1.807) is 6.92 Å². The minimum absolute atomic E-state index is 0.0264. The molecule has 690 valence electrons. The van der Waals surface area contributed by atoms with Gasteiger partial charge in [-0.15, -0.1) is 0 Å². The molecule has 133 heavy (non-hydrogen) atoms. The van der Waals surface area contributed by atoms with Gasteiger partial charge in [-0.05, 0) is 236 Å². The smallest absolute Gasteiger partial charge is 0.338 e. The molecular weight excluding hydrogens is 1680 g/mol. The SMILES string of the molecule is C=CC1=C(C)C2=NC1=CC1=NC(=CC3=C(C)C4=C(O)CC(=C5NC(=C2)[C@@H](C)C5CCCOC=O)C4=N3)C(CC)=C1C.C=Cc1c(C)c2cc3nc(c(CC(=O)OC)c4nc(cc5[nH]c(cc1[nH]2)c(C)c5CC)C(C)=C4C(=O)O)[C@@H](CCCOC=O)[C@@H]3C.C=Cc1c(C)c2cc3nc(c(CC(=O)OC)c4nc(cc5[nH]c(cc1[nH]2)c(C)c5CC)C(C)=C4OC=O)[C@@H](CCCOC=O)[C@@H]3C. The molecule has 1 aliphatic carbocycles. The third kappa shape index (κ3) is 18.2. The molecule has 24 bridgehead atoms. The van der Waals surface area contributed by atoms with E-state index in [4.69, 9.17) is 63.3 Å². The van der Waals surface area contributed by atoms with Crippen LogP contribution in [0.4, 0.5) is 0 Å². The summed E-state index contributed by atoms with van der Waals surface area (Å²) in [6, 6.07) is 12.1. The predicted octanol–water partition coefficient (Wildman–Crippen LogP) is 20.3. The highest BCUT2D eigenvalue weighted by Crippen LogP contribution is 2.50. The minimum atomic E-state index is -1.14. The molecule has 6 aromatic heterocycles. The van der Waals surface area contributed by atoms with Crippen LogP contribution in [0.5, 0.6) is 0 Å². The molecule has 0 saturated carbocycles. The van der Waals surface area contributed by atoms with Gasteiger partial charge < -0.3 is 63.9 Å².